The van der Waals surface area contributed by atoms with Gasteiger partial charge in [0.05, 0.1) is 39.6 Å². The standard InChI is InChI=1S/C21H36F3N5O8/c1-20(6-3-4-7-25,29(2)18(31)21(22,23)24)19(32)37-17(30)16-36-15-14-35-13-12-34-11-10-33-9-5-8-27-28-26/h3-16,25H2,1-2H3/t20-/m0/s1. The number of halogens is 3. The maximum absolute atomic E-state index is 12.9. The molecule has 1 atom stereocenters. The summed E-state index contributed by atoms with van der Waals surface area (Å²) in [7, 11) is 0.822. The fourth-order valence-corrected chi connectivity index (χ4v) is 2.77. The first-order chi connectivity index (χ1) is 17.5. The predicted octanol–water partition coefficient (Wildman–Crippen LogP) is 1.73. The Hall–Kier alpha value is -2.49. The number of nitrogens with two attached hydrogens (primary N) is 1. The number of carbonyl (C=O) groups excluding carboxylic acids is 3. The summed E-state index contributed by atoms with van der Waals surface area (Å²) in [6.45, 7) is 2.90. The number of rotatable bonds is 21. The average Bonchev–Trinajstić information content (AvgIpc) is 2.84. The van der Waals surface area contributed by atoms with Gasteiger partial charge in [-0.15, -0.1) is 0 Å². The zero-order valence-electron chi connectivity index (χ0n) is 21.2. The molecule has 37 heavy (non-hydrogen) atoms. The van der Waals surface area contributed by atoms with Crippen LogP contribution in [0.25, 0.3) is 10.4 Å². The van der Waals surface area contributed by atoms with Crippen molar-refractivity contribution in [3.05, 3.63) is 10.4 Å². The fourth-order valence-electron chi connectivity index (χ4n) is 2.77. The first-order valence-corrected chi connectivity index (χ1v) is 11.6. The number of unbranched alkanes of at least 4 members (excludes halogenated alkanes) is 1. The molecule has 0 spiro atoms. The molecule has 214 valence electrons. The van der Waals surface area contributed by atoms with Crippen molar-refractivity contribution >= 4 is 17.8 Å². The summed E-state index contributed by atoms with van der Waals surface area (Å²) in [4.78, 5) is 39.0. The van der Waals surface area contributed by atoms with Gasteiger partial charge in [0.25, 0.3) is 0 Å². The van der Waals surface area contributed by atoms with Gasteiger partial charge in [0.15, 0.2) is 0 Å². The Morgan fingerprint density at radius 3 is 1.97 bits per heavy atom. The Labute approximate surface area is 213 Å². The third kappa shape index (κ3) is 15.4. The van der Waals surface area contributed by atoms with Crippen molar-refractivity contribution in [3.8, 4) is 0 Å². The molecule has 0 aliphatic heterocycles. The first-order valence-electron chi connectivity index (χ1n) is 11.6. The molecule has 1 amide bonds. The van der Waals surface area contributed by atoms with Gasteiger partial charge in [-0.05, 0) is 44.7 Å². The summed E-state index contributed by atoms with van der Waals surface area (Å²) in [5.74, 6) is -4.66. The van der Waals surface area contributed by atoms with Gasteiger partial charge < -0.3 is 34.3 Å². The summed E-state index contributed by atoms with van der Waals surface area (Å²) in [5, 5.41) is 3.38. The second-order valence-corrected chi connectivity index (χ2v) is 7.84. The molecule has 0 heterocycles. The third-order valence-electron chi connectivity index (χ3n) is 5.00. The maximum Gasteiger partial charge on any atom is 0.471 e. The lowest BCUT2D eigenvalue weighted by atomic mass is 9.92. The maximum atomic E-state index is 12.9. The molecule has 0 saturated carbocycles. The highest BCUT2D eigenvalue weighted by Gasteiger charge is 2.50. The van der Waals surface area contributed by atoms with Crippen LogP contribution < -0.4 is 5.73 Å². The minimum atomic E-state index is -5.20. The lowest BCUT2D eigenvalue weighted by molar-refractivity contribution is -0.194. The highest BCUT2D eigenvalue weighted by Crippen LogP contribution is 2.28. The Bertz CT molecular complexity index is 737. The quantitative estimate of drug-likeness (QED) is 0.0564. The number of amides is 1. The molecule has 0 aliphatic carbocycles. The van der Waals surface area contributed by atoms with E-state index in [4.69, 9.17) is 30.2 Å². The Morgan fingerprint density at radius 1 is 0.919 bits per heavy atom. The van der Waals surface area contributed by atoms with Crippen molar-refractivity contribution < 1.29 is 51.2 Å². The summed E-state index contributed by atoms with van der Waals surface area (Å²) in [6.07, 6.45) is -4.14. The molecule has 0 aliphatic rings. The molecule has 0 saturated heterocycles. The van der Waals surface area contributed by atoms with E-state index < -0.39 is 36.2 Å². The Balaban J connectivity index is 4.21. The van der Waals surface area contributed by atoms with E-state index >= 15 is 0 Å². The number of esters is 2. The van der Waals surface area contributed by atoms with E-state index in [0.29, 0.717) is 45.8 Å². The molecule has 0 unspecified atom stereocenters. The van der Waals surface area contributed by atoms with Gasteiger partial charge in [0.1, 0.15) is 12.1 Å². The van der Waals surface area contributed by atoms with Crippen LogP contribution in [0, 0.1) is 0 Å². The van der Waals surface area contributed by atoms with Gasteiger partial charge in [0.2, 0.25) is 0 Å². The zero-order chi connectivity index (χ0) is 28.2. The number of alkyl halides is 3. The van der Waals surface area contributed by atoms with E-state index in [1.54, 1.807) is 0 Å². The van der Waals surface area contributed by atoms with Gasteiger partial charge in [-0.3, -0.25) is 4.79 Å². The van der Waals surface area contributed by atoms with Gasteiger partial charge in [-0.2, -0.15) is 13.2 Å². The van der Waals surface area contributed by atoms with Crippen molar-refractivity contribution in [1.82, 2.24) is 4.90 Å². The SMILES string of the molecule is CN(C(=O)C(F)(F)F)[C@@](C)(CCCCN)C(=O)OC(=O)COCCOCCOCCOCCCN=[N+]=[N-]. The van der Waals surface area contributed by atoms with Crippen molar-refractivity contribution in [2.24, 2.45) is 10.8 Å². The Kier molecular flexibility index (Phi) is 18.3. The minimum Gasteiger partial charge on any atom is -0.390 e. The van der Waals surface area contributed by atoms with Crippen LogP contribution in [0.15, 0.2) is 5.11 Å². The number of azide groups is 1. The molecular formula is C21H36F3N5O8. The molecule has 2 N–H and O–H groups in total. The van der Waals surface area contributed by atoms with Crippen LogP contribution in [0.4, 0.5) is 13.2 Å². The van der Waals surface area contributed by atoms with E-state index in [1.165, 1.54) is 0 Å². The van der Waals surface area contributed by atoms with Crippen molar-refractivity contribution in [3.63, 3.8) is 0 Å². The molecule has 0 aromatic carbocycles. The van der Waals surface area contributed by atoms with Gasteiger partial charge in [-0.25, -0.2) is 9.59 Å². The van der Waals surface area contributed by atoms with E-state index in [1.807, 2.05) is 0 Å². The van der Waals surface area contributed by atoms with E-state index in [0.717, 1.165) is 14.0 Å². The number of carbonyl (C=O) groups is 3. The number of ether oxygens (including phenoxy) is 5. The normalized spacial score (nSPS) is 12.9. The fraction of sp³-hybridized carbons (Fsp3) is 0.857. The lowest BCUT2D eigenvalue weighted by Crippen LogP contribution is -2.57. The average molecular weight is 544 g/mol. The summed E-state index contributed by atoms with van der Waals surface area (Å²) < 4.78 is 64.2. The summed E-state index contributed by atoms with van der Waals surface area (Å²) in [6, 6.07) is 0. The van der Waals surface area contributed by atoms with Crippen LogP contribution in [-0.4, -0.2) is 107 Å². The van der Waals surface area contributed by atoms with Gasteiger partial charge >= 0.3 is 24.0 Å². The van der Waals surface area contributed by atoms with Gasteiger partial charge in [0, 0.05) is 25.1 Å². The van der Waals surface area contributed by atoms with Crippen LogP contribution >= 0.6 is 0 Å². The molecule has 0 rings (SSSR count). The van der Waals surface area contributed by atoms with E-state index in [9.17, 15) is 27.6 Å². The molecule has 16 heteroatoms. The second kappa shape index (κ2) is 19.6. The number of likely N-dealkylation sites (N-methyl/N-ethyl adjacent to an activating group) is 1. The van der Waals surface area contributed by atoms with Crippen LogP contribution in [0.1, 0.15) is 32.6 Å². The van der Waals surface area contributed by atoms with Crippen LogP contribution in [0.2, 0.25) is 0 Å². The van der Waals surface area contributed by atoms with Crippen LogP contribution in [0.5, 0.6) is 0 Å². The zero-order valence-corrected chi connectivity index (χ0v) is 21.2. The molecule has 0 radical (unpaired) electrons. The smallest absolute Gasteiger partial charge is 0.390 e. The summed E-state index contributed by atoms with van der Waals surface area (Å²) in [5.41, 5.74) is 11.5. The number of hydrogen-bond acceptors (Lipinski definition) is 10. The molecule has 0 bridgehead atoms. The second-order valence-electron chi connectivity index (χ2n) is 7.84. The molecule has 0 aromatic heterocycles. The molecular weight excluding hydrogens is 507 g/mol. The van der Waals surface area contributed by atoms with Crippen molar-refractivity contribution in [1.29, 1.82) is 0 Å². The van der Waals surface area contributed by atoms with Crippen LogP contribution in [0.3, 0.4) is 0 Å². The predicted molar refractivity (Wildman–Crippen MR) is 123 cm³/mol. The molecule has 0 fully saturated rings. The number of hydrogen-bond donors (Lipinski definition) is 1. The van der Waals surface area contributed by atoms with E-state index in [2.05, 4.69) is 14.8 Å². The highest BCUT2D eigenvalue weighted by molar-refractivity contribution is 5.95. The van der Waals surface area contributed by atoms with Crippen molar-refractivity contribution in [2.75, 3.05) is 73.0 Å². The lowest BCUT2D eigenvalue weighted by Gasteiger charge is -2.36. The Morgan fingerprint density at radius 2 is 1.46 bits per heavy atom. The third-order valence-corrected chi connectivity index (χ3v) is 5.00. The topological polar surface area (TPSA) is 175 Å². The first kappa shape index (κ1) is 34.5. The highest BCUT2D eigenvalue weighted by atomic mass is 19.4. The van der Waals surface area contributed by atoms with Crippen LogP contribution in [-0.2, 0) is 38.1 Å². The van der Waals surface area contributed by atoms with E-state index in [-0.39, 0.29) is 44.1 Å². The van der Waals surface area contributed by atoms with Crippen molar-refractivity contribution in [2.45, 2.75) is 44.3 Å². The minimum absolute atomic E-state index is 0.0161. The largest absolute Gasteiger partial charge is 0.471 e. The number of nitrogens with zero attached hydrogens (tertiary/aromatic N) is 4. The van der Waals surface area contributed by atoms with Gasteiger partial charge in [-0.1, -0.05) is 5.11 Å². The molecule has 13 nitrogen and oxygen atoms in total. The molecule has 0 aromatic rings. The summed E-state index contributed by atoms with van der Waals surface area (Å²) >= 11 is 0. The monoisotopic (exact) mass is 543 g/mol.